The lowest BCUT2D eigenvalue weighted by Gasteiger charge is -2.65. The van der Waals surface area contributed by atoms with E-state index < -0.39 is 0 Å². The van der Waals surface area contributed by atoms with Gasteiger partial charge in [-0.1, -0.05) is 32.0 Å². The number of hydrogen-bond donors (Lipinski definition) is 0. The van der Waals surface area contributed by atoms with Gasteiger partial charge in [0.05, 0.1) is 7.11 Å². The molecule has 0 aliphatic heterocycles. The number of ether oxygens (including phenoxy) is 1. The largest absolute Gasteiger partial charge is 0.496 e. The molecule has 4 aliphatic rings. The van der Waals surface area contributed by atoms with Crippen molar-refractivity contribution < 1.29 is 4.74 Å². The molecule has 0 amide bonds. The van der Waals surface area contributed by atoms with E-state index in [0.29, 0.717) is 16.2 Å². The van der Waals surface area contributed by atoms with E-state index in [1.807, 2.05) is 7.11 Å². The fourth-order valence-electron chi connectivity index (χ4n) is 6.83. The van der Waals surface area contributed by atoms with Crippen molar-refractivity contribution in [3.8, 4) is 5.75 Å². The Morgan fingerprint density at radius 1 is 0.950 bits per heavy atom. The van der Waals surface area contributed by atoms with Gasteiger partial charge in [-0.2, -0.15) is 0 Å². The van der Waals surface area contributed by atoms with Gasteiger partial charge in [0.15, 0.2) is 0 Å². The molecule has 4 saturated carbocycles. The van der Waals surface area contributed by atoms with Crippen LogP contribution in [0.25, 0.3) is 0 Å². The van der Waals surface area contributed by atoms with Gasteiger partial charge in [0.25, 0.3) is 0 Å². The SMILES string of the molecule is COc1ccccc1C12CC3CC(C)(CC(C)(C3)C1)C2. The second-order valence-electron chi connectivity index (χ2n) is 8.61. The molecule has 0 aromatic heterocycles. The quantitative estimate of drug-likeness (QED) is 0.739. The van der Waals surface area contributed by atoms with Crippen molar-refractivity contribution in [2.45, 2.75) is 57.8 Å². The van der Waals surface area contributed by atoms with E-state index in [9.17, 15) is 0 Å². The van der Waals surface area contributed by atoms with Crippen molar-refractivity contribution in [3.63, 3.8) is 0 Å². The molecular formula is C19H26O. The van der Waals surface area contributed by atoms with Crippen LogP contribution in [-0.2, 0) is 5.41 Å². The zero-order chi connectivity index (χ0) is 14.0. The summed E-state index contributed by atoms with van der Waals surface area (Å²) in [6.45, 7) is 5.08. The maximum atomic E-state index is 5.70. The highest BCUT2D eigenvalue weighted by atomic mass is 16.5. The van der Waals surface area contributed by atoms with Gasteiger partial charge in [-0.25, -0.2) is 0 Å². The van der Waals surface area contributed by atoms with Crippen molar-refractivity contribution >= 4 is 0 Å². The molecule has 0 radical (unpaired) electrons. The topological polar surface area (TPSA) is 9.23 Å². The van der Waals surface area contributed by atoms with Crippen LogP contribution in [-0.4, -0.2) is 7.11 Å². The second kappa shape index (κ2) is 3.81. The summed E-state index contributed by atoms with van der Waals surface area (Å²) >= 11 is 0. The van der Waals surface area contributed by atoms with Crippen molar-refractivity contribution in [3.05, 3.63) is 29.8 Å². The predicted molar refractivity (Wildman–Crippen MR) is 82.1 cm³/mol. The van der Waals surface area contributed by atoms with Crippen LogP contribution < -0.4 is 4.74 Å². The Kier molecular flexibility index (Phi) is 2.43. The second-order valence-corrected chi connectivity index (χ2v) is 8.61. The maximum absolute atomic E-state index is 5.70. The molecule has 0 heterocycles. The first-order valence-electron chi connectivity index (χ1n) is 8.10. The first-order valence-corrected chi connectivity index (χ1v) is 8.10. The minimum absolute atomic E-state index is 0.384. The number of para-hydroxylation sites is 1. The molecule has 2 atom stereocenters. The lowest BCUT2D eigenvalue weighted by atomic mass is 9.39. The predicted octanol–water partition coefficient (Wildman–Crippen LogP) is 4.94. The molecule has 20 heavy (non-hydrogen) atoms. The highest BCUT2D eigenvalue weighted by molar-refractivity contribution is 5.42. The fourth-order valence-corrected chi connectivity index (χ4v) is 6.83. The minimum Gasteiger partial charge on any atom is -0.496 e. The highest BCUT2D eigenvalue weighted by Crippen LogP contribution is 2.70. The lowest BCUT2D eigenvalue weighted by molar-refractivity contribution is -0.110. The summed E-state index contributed by atoms with van der Waals surface area (Å²) < 4.78 is 5.70. The molecule has 0 N–H and O–H groups in total. The molecule has 2 unspecified atom stereocenters. The molecule has 5 rings (SSSR count). The first kappa shape index (κ1) is 12.7. The molecule has 1 nitrogen and oxygen atoms in total. The van der Waals surface area contributed by atoms with Crippen LogP contribution in [0, 0.1) is 16.7 Å². The van der Waals surface area contributed by atoms with Crippen LogP contribution in [0.2, 0.25) is 0 Å². The molecule has 4 bridgehead atoms. The molecular weight excluding hydrogens is 244 g/mol. The van der Waals surface area contributed by atoms with Gasteiger partial charge in [0.2, 0.25) is 0 Å². The van der Waals surface area contributed by atoms with E-state index in [4.69, 9.17) is 4.74 Å². The monoisotopic (exact) mass is 270 g/mol. The number of rotatable bonds is 2. The molecule has 1 aromatic rings. The third-order valence-corrected chi connectivity index (χ3v) is 6.30. The third-order valence-electron chi connectivity index (χ3n) is 6.30. The maximum Gasteiger partial charge on any atom is 0.122 e. The van der Waals surface area contributed by atoms with Crippen molar-refractivity contribution in [1.29, 1.82) is 0 Å². The van der Waals surface area contributed by atoms with Gasteiger partial charge < -0.3 is 4.74 Å². The molecule has 0 spiro atoms. The Bertz CT molecular complexity index is 528. The number of hydrogen-bond acceptors (Lipinski definition) is 1. The van der Waals surface area contributed by atoms with E-state index in [1.54, 1.807) is 0 Å². The summed E-state index contributed by atoms with van der Waals surface area (Å²) in [7, 11) is 1.82. The van der Waals surface area contributed by atoms with E-state index in [-0.39, 0.29) is 0 Å². The van der Waals surface area contributed by atoms with Crippen LogP contribution in [0.4, 0.5) is 0 Å². The van der Waals surface area contributed by atoms with E-state index in [1.165, 1.54) is 44.1 Å². The number of methoxy groups -OCH3 is 1. The molecule has 4 fully saturated rings. The summed E-state index contributed by atoms with van der Waals surface area (Å²) in [5.41, 5.74) is 3.00. The van der Waals surface area contributed by atoms with E-state index in [0.717, 1.165) is 11.7 Å². The zero-order valence-corrected chi connectivity index (χ0v) is 13.0. The van der Waals surface area contributed by atoms with Crippen LogP contribution in [0.3, 0.4) is 0 Å². The fraction of sp³-hybridized carbons (Fsp3) is 0.684. The van der Waals surface area contributed by atoms with Gasteiger partial charge in [-0.05, 0) is 61.3 Å². The van der Waals surface area contributed by atoms with Crippen molar-refractivity contribution in [2.24, 2.45) is 16.7 Å². The average Bonchev–Trinajstić information content (AvgIpc) is 2.34. The normalized spacial score (nSPS) is 45.6. The lowest BCUT2D eigenvalue weighted by Crippen LogP contribution is -2.56. The summed E-state index contributed by atoms with van der Waals surface area (Å²) in [5, 5.41) is 0. The van der Waals surface area contributed by atoms with Crippen LogP contribution in [0.1, 0.15) is 57.9 Å². The van der Waals surface area contributed by atoms with Crippen molar-refractivity contribution in [1.82, 2.24) is 0 Å². The average molecular weight is 270 g/mol. The van der Waals surface area contributed by atoms with E-state index >= 15 is 0 Å². The Morgan fingerprint density at radius 2 is 1.60 bits per heavy atom. The van der Waals surface area contributed by atoms with Gasteiger partial charge in [0.1, 0.15) is 5.75 Å². The Balaban J connectivity index is 1.84. The molecule has 0 saturated heterocycles. The minimum atomic E-state index is 0.384. The molecule has 1 heteroatoms. The zero-order valence-electron chi connectivity index (χ0n) is 13.0. The van der Waals surface area contributed by atoms with Crippen LogP contribution in [0.15, 0.2) is 24.3 Å². The van der Waals surface area contributed by atoms with Crippen LogP contribution >= 0.6 is 0 Å². The summed E-state index contributed by atoms with van der Waals surface area (Å²) in [5.74, 6) is 2.05. The summed E-state index contributed by atoms with van der Waals surface area (Å²) in [4.78, 5) is 0. The first-order chi connectivity index (χ1) is 9.46. The summed E-state index contributed by atoms with van der Waals surface area (Å²) in [6.07, 6.45) is 8.48. The molecule has 1 aromatic carbocycles. The standard InChI is InChI=1S/C19H26O/c1-17-8-14-9-18(2,11-17)13-19(10-14,12-17)15-6-4-5-7-16(15)20-3/h4-7,14H,8-13H2,1-3H3. The Morgan fingerprint density at radius 3 is 2.20 bits per heavy atom. The molecule has 4 aliphatic carbocycles. The highest BCUT2D eigenvalue weighted by Gasteiger charge is 2.60. The number of benzene rings is 1. The van der Waals surface area contributed by atoms with Gasteiger partial charge >= 0.3 is 0 Å². The van der Waals surface area contributed by atoms with Gasteiger partial charge in [0, 0.05) is 11.0 Å². The van der Waals surface area contributed by atoms with E-state index in [2.05, 4.69) is 38.1 Å². The Hall–Kier alpha value is -0.980. The van der Waals surface area contributed by atoms with Gasteiger partial charge in [-0.15, -0.1) is 0 Å². The summed E-state index contributed by atoms with van der Waals surface area (Å²) in [6, 6.07) is 8.78. The van der Waals surface area contributed by atoms with Gasteiger partial charge in [-0.3, -0.25) is 0 Å². The van der Waals surface area contributed by atoms with Crippen LogP contribution in [0.5, 0.6) is 5.75 Å². The third kappa shape index (κ3) is 1.68. The smallest absolute Gasteiger partial charge is 0.122 e. The Labute approximate surface area is 122 Å². The van der Waals surface area contributed by atoms with Crippen molar-refractivity contribution in [2.75, 3.05) is 7.11 Å². The molecule has 108 valence electrons.